The molecule has 2 rings (SSSR count). The van der Waals surface area contributed by atoms with Crippen LogP contribution in [0.2, 0.25) is 0 Å². The van der Waals surface area contributed by atoms with E-state index in [9.17, 15) is 4.39 Å². The van der Waals surface area contributed by atoms with Crippen LogP contribution in [0.15, 0.2) is 0 Å². The molecule has 0 aromatic heterocycles. The molecule has 0 unspecified atom stereocenters. The maximum atomic E-state index is 14.4. The van der Waals surface area contributed by atoms with Gasteiger partial charge in [0, 0.05) is 11.6 Å². The van der Waals surface area contributed by atoms with Gasteiger partial charge in [0.2, 0.25) is 0 Å². The molecule has 0 saturated carbocycles. The predicted octanol–water partition coefficient (Wildman–Crippen LogP) is 1.95. The lowest BCUT2D eigenvalue weighted by Gasteiger charge is -2.61. The highest BCUT2D eigenvalue weighted by molar-refractivity contribution is 5.12. The van der Waals surface area contributed by atoms with Crippen LogP contribution in [0, 0.1) is 0 Å². The van der Waals surface area contributed by atoms with E-state index in [2.05, 4.69) is 31.1 Å². The van der Waals surface area contributed by atoms with Crippen LogP contribution >= 0.6 is 0 Å². The maximum absolute atomic E-state index is 14.4. The van der Waals surface area contributed by atoms with Gasteiger partial charge in [-0.15, -0.1) is 0 Å². The molecular weight excluding hydrogens is 191 g/mol. The molecule has 88 valence electrons. The molecule has 0 amide bonds. The first-order valence-corrected chi connectivity index (χ1v) is 5.99. The molecule has 0 spiro atoms. The number of hydrogen-bond donors (Lipinski definition) is 1. The van der Waals surface area contributed by atoms with E-state index in [4.69, 9.17) is 0 Å². The predicted molar refractivity (Wildman–Crippen MR) is 60.8 cm³/mol. The number of rotatable bonds is 1. The van der Waals surface area contributed by atoms with Crippen LogP contribution in [0.3, 0.4) is 0 Å². The second kappa shape index (κ2) is 3.42. The molecule has 2 heterocycles. The summed E-state index contributed by atoms with van der Waals surface area (Å²) in [6.45, 7) is 4.36. The third-order valence-electron chi connectivity index (χ3n) is 4.95. The van der Waals surface area contributed by atoms with Gasteiger partial charge in [-0.05, 0) is 53.6 Å². The maximum Gasteiger partial charge on any atom is 0.133 e. The lowest BCUT2D eigenvalue weighted by molar-refractivity contribution is -0.121. The number of hydrogen-bond acceptors (Lipinski definition) is 2. The van der Waals surface area contributed by atoms with Crippen molar-refractivity contribution in [3.05, 3.63) is 0 Å². The highest BCUT2D eigenvalue weighted by Crippen LogP contribution is 2.47. The Balaban J connectivity index is 2.34. The number of piperidine rings is 2. The molecule has 2 aliphatic heterocycles. The first-order chi connectivity index (χ1) is 6.94. The normalized spacial score (nSPS) is 51.8. The van der Waals surface area contributed by atoms with Crippen molar-refractivity contribution in [3.8, 4) is 0 Å². The fraction of sp³-hybridized carbons (Fsp3) is 1.00. The summed E-state index contributed by atoms with van der Waals surface area (Å²) in [6.07, 6.45) is 3.52. The van der Waals surface area contributed by atoms with Crippen molar-refractivity contribution in [3.63, 3.8) is 0 Å². The monoisotopic (exact) mass is 214 g/mol. The second-order valence-electron chi connectivity index (χ2n) is 5.77. The van der Waals surface area contributed by atoms with Crippen molar-refractivity contribution in [2.75, 3.05) is 14.1 Å². The van der Waals surface area contributed by atoms with Crippen molar-refractivity contribution in [2.24, 2.45) is 0 Å². The Hall–Kier alpha value is -0.150. The molecule has 2 nitrogen and oxygen atoms in total. The van der Waals surface area contributed by atoms with Crippen molar-refractivity contribution < 1.29 is 4.39 Å². The Morgan fingerprint density at radius 3 is 2.60 bits per heavy atom. The van der Waals surface area contributed by atoms with E-state index < -0.39 is 6.17 Å². The standard InChI is InChI=1S/C12H23FN2/c1-11-6-5-7-12(2,15(11)4)10(13)9(8-11)14-3/h9-10,14H,5-8H2,1-4H3/t9-,10-,11-,12+/m0/s1. The van der Waals surface area contributed by atoms with E-state index in [1.807, 2.05) is 7.05 Å². The van der Waals surface area contributed by atoms with Gasteiger partial charge >= 0.3 is 0 Å². The molecule has 0 aromatic carbocycles. The first-order valence-electron chi connectivity index (χ1n) is 5.99. The molecular formula is C12H23FN2. The Morgan fingerprint density at radius 2 is 2.00 bits per heavy atom. The van der Waals surface area contributed by atoms with Gasteiger partial charge in [0.05, 0.1) is 5.54 Å². The van der Waals surface area contributed by atoms with E-state index in [0.29, 0.717) is 0 Å². The van der Waals surface area contributed by atoms with Gasteiger partial charge in [-0.1, -0.05) is 0 Å². The number of alkyl halides is 1. The number of halogens is 1. The Kier molecular flexibility index (Phi) is 2.59. The fourth-order valence-corrected chi connectivity index (χ4v) is 3.60. The SMILES string of the molecule is CN[C@H]1C[C@]2(C)CCC[C@](C)([C@H]1F)N2C. The van der Waals surface area contributed by atoms with Crippen LogP contribution in [0.5, 0.6) is 0 Å². The number of fused-ring (bicyclic) bond motifs is 2. The summed E-state index contributed by atoms with van der Waals surface area (Å²) in [5, 5.41) is 3.15. The molecule has 4 atom stereocenters. The highest BCUT2D eigenvalue weighted by Gasteiger charge is 2.56. The van der Waals surface area contributed by atoms with Crippen molar-refractivity contribution in [2.45, 2.75) is 62.8 Å². The average molecular weight is 214 g/mol. The van der Waals surface area contributed by atoms with Crippen LogP contribution < -0.4 is 5.32 Å². The zero-order valence-electron chi connectivity index (χ0n) is 10.3. The van der Waals surface area contributed by atoms with Crippen LogP contribution in [-0.4, -0.2) is 42.3 Å². The smallest absolute Gasteiger partial charge is 0.133 e. The van der Waals surface area contributed by atoms with Crippen molar-refractivity contribution in [1.29, 1.82) is 0 Å². The largest absolute Gasteiger partial charge is 0.314 e. The molecule has 15 heavy (non-hydrogen) atoms. The number of nitrogens with zero attached hydrogens (tertiary/aromatic N) is 1. The molecule has 2 aliphatic rings. The topological polar surface area (TPSA) is 15.3 Å². The third kappa shape index (κ3) is 1.43. The van der Waals surface area contributed by atoms with E-state index in [-0.39, 0.29) is 17.1 Å². The van der Waals surface area contributed by atoms with Gasteiger partial charge in [0.1, 0.15) is 6.17 Å². The molecule has 1 N–H and O–H groups in total. The molecule has 2 saturated heterocycles. The summed E-state index contributed by atoms with van der Waals surface area (Å²) in [5.41, 5.74) is -0.0812. The Morgan fingerprint density at radius 1 is 1.33 bits per heavy atom. The van der Waals surface area contributed by atoms with Crippen molar-refractivity contribution >= 4 is 0 Å². The summed E-state index contributed by atoms with van der Waals surface area (Å²) >= 11 is 0. The lowest BCUT2D eigenvalue weighted by atomic mass is 9.66. The fourth-order valence-electron chi connectivity index (χ4n) is 3.60. The molecule has 0 radical (unpaired) electrons. The van der Waals surface area contributed by atoms with Gasteiger partial charge < -0.3 is 5.32 Å². The Bertz CT molecular complexity index is 258. The van der Waals surface area contributed by atoms with Gasteiger partial charge in [-0.3, -0.25) is 4.90 Å². The van der Waals surface area contributed by atoms with E-state index in [0.717, 1.165) is 19.3 Å². The van der Waals surface area contributed by atoms with E-state index in [1.165, 1.54) is 6.42 Å². The lowest BCUT2D eigenvalue weighted by Crippen LogP contribution is -2.72. The minimum absolute atomic E-state index is 0.0245. The summed E-state index contributed by atoms with van der Waals surface area (Å²) in [7, 11) is 3.97. The minimum Gasteiger partial charge on any atom is -0.314 e. The van der Waals surface area contributed by atoms with Crippen LogP contribution in [0.25, 0.3) is 0 Å². The molecule has 0 aliphatic carbocycles. The first kappa shape index (κ1) is 11.3. The van der Waals surface area contributed by atoms with Gasteiger partial charge in [-0.2, -0.15) is 0 Å². The van der Waals surface area contributed by atoms with Crippen LogP contribution in [0.1, 0.15) is 39.5 Å². The van der Waals surface area contributed by atoms with Gasteiger partial charge in [0.25, 0.3) is 0 Å². The second-order valence-corrected chi connectivity index (χ2v) is 5.77. The summed E-state index contributed by atoms with van der Waals surface area (Å²) in [6, 6.07) is 0.0245. The zero-order chi connectivity index (χ0) is 11.3. The molecule has 2 bridgehead atoms. The van der Waals surface area contributed by atoms with Crippen molar-refractivity contribution in [1.82, 2.24) is 10.2 Å². The van der Waals surface area contributed by atoms with Crippen LogP contribution in [0.4, 0.5) is 4.39 Å². The van der Waals surface area contributed by atoms with Gasteiger partial charge in [0.15, 0.2) is 0 Å². The summed E-state index contributed by atoms with van der Waals surface area (Å²) in [4.78, 5) is 2.29. The molecule has 2 fully saturated rings. The Labute approximate surface area is 92.2 Å². The van der Waals surface area contributed by atoms with Gasteiger partial charge in [-0.25, -0.2) is 4.39 Å². The third-order valence-corrected chi connectivity index (χ3v) is 4.95. The molecule has 3 heteroatoms. The quantitative estimate of drug-likeness (QED) is 0.717. The van der Waals surface area contributed by atoms with Crippen LogP contribution in [-0.2, 0) is 0 Å². The van der Waals surface area contributed by atoms with E-state index >= 15 is 0 Å². The molecule has 0 aromatic rings. The summed E-state index contributed by atoms with van der Waals surface area (Å²) < 4.78 is 14.4. The highest BCUT2D eigenvalue weighted by atomic mass is 19.1. The summed E-state index contributed by atoms with van der Waals surface area (Å²) in [5.74, 6) is 0. The van der Waals surface area contributed by atoms with E-state index in [1.54, 1.807) is 0 Å². The minimum atomic E-state index is -0.749. The zero-order valence-corrected chi connectivity index (χ0v) is 10.3. The number of nitrogens with one attached hydrogen (secondary N) is 1. The average Bonchev–Trinajstić information content (AvgIpc) is 2.20.